The average Bonchev–Trinajstić information content (AvgIpc) is 3.40. The van der Waals surface area contributed by atoms with Crippen molar-refractivity contribution >= 4 is 29.6 Å². The summed E-state index contributed by atoms with van der Waals surface area (Å²) in [5.74, 6) is -4.81. The number of aromatic nitrogens is 2. The molecular formula is C25H35N7O7. The monoisotopic (exact) mass is 545 g/mol. The maximum absolute atomic E-state index is 13.2. The predicted molar refractivity (Wildman–Crippen MR) is 139 cm³/mol. The molecule has 4 amide bonds. The van der Waals surface area contributed by atoms with Crippen LogP contribution < -0.4 is 27.4 Å². The zero-order valence-corrected chi connectivity index (χ0v) is 21.7. The summed E-state index contributed by atoms with van der Waals surface area (Å²) in [4.78, 5) is 69.1. The molecule has 0 bridgehead atoms. The molecule has 0 saturated carbocycles. The summed E-state index contributed by atoms with van der Waals surface area (Å²) in [5.41, 5.74) is 12.2. The molecule has 39 heavy (non-hydrogen) atoms. The minimum atomic E-state index is -1.43. The van der Waals surface area contributed by atoms with E-state index in [1.54, 1.807) is 6.92 Å². The number of carboxylic acid groups (broad SMARTS) is 1. The number of aromatic hydroxyl groups is 1. The van der Waals surface area contributed by atoms with Crippen LogP contribution in [0.2, 0.25) is 0 Å². The highest BCUT2D eigenvalue weighted by molar-refractivity contribution is 5.96. The fourth-order valence-electron chi connectivity index (χ4n) is 3.63. The number of aromatic amines is 1. The zero-order valence-electron chi connectivity index (χ0n) is 21.7. The first kappa shape index (κ1) is 30.8. The van der Waals surface area contributed by atoms with Crippen LogP contribution in [0.15, 0.2) is 36.8 Å². The highest BCUT2D eigenvalue weighted by Gasteiger charge is 2.32. The standard InChI is InChI=1S/C25H35N7O7/c1-3-13(2)21(27)24(37)31-18(10-20(26)34)23(36)30-17(8-14-4-6-16(33)7-5-14)22(35)32-19(25(38)39)9-15-11-28-12-29-15/h4-7,11-13,17-19,21,33H,3,8-10,27H2,1-2H3,(H2,26,34)(H,28,29)(H,30,36)(H,31,37)(H,32,35)(H,38,39). The van der Waals surface area contributed by atoms with Gasteiger partial charge in [-0.1, -0.05) is 32.4 Å². The lowest BCUT2D eigenvalue weighted by atomic mass is 9.98. The molecule has 2 aromatic rings. The number of hydrogen-bond acceptors (Lipinski definition) is 8. The number of benzene rings is 1. The number of hydrogen-bond donors (Lipinski definition) is 8. The molecule has 2 rings (SSSR count). The molecule has 1 heterocycles. The quantitative estimate of drug-likeness (QED) is 0.132. The summed E-state index contributed by atoms with van der Waals surface area (Å²) >= 11 is 0. The number of amides is 4. The molecule has 0 fully saturated rings. The van der Waals surface area contributed by atoms with Gasteiger partial charge in [0.1, 0.15) is 23.9 Å². The topological polar surface area (TPSA) is 243 Å². The fraction of sp³-hybridized carbons (Fsp3) is 0.440. The van der Waals surface area contributed by atoms with Crippen LogP contribution in [0.3, 0.4) is 0 Å². The lowest BCUT2D eigenvalue weighted by molar-refractivity contribution is -0.142. The van der Waals surface area contributed by atoms with Gasteiger partial charge in [0.15, 0.2) is 0 Å². The Morgan fingerprint density at radius 1 is 0.949 bits per heavy atom. The van der Waals surface area contributed by atoms with E-state index in [-0.39, 0.29) is 24.5 Å². The lowest BCUT2D eigenvalue weighted by Gasteiger charge is -2.25. The Bertz CT molecular complexity index is 1140. The van der Waals surface area contributed by atoms with Crippen molar-refractivity contribution in [1.29, 1.82) is 0 Å². The smallest absolute Gasteiger partial charge is 0.326 e. The first-order valence-electron chi connectivity index (χ1n) is 12.3. The summed E-state index contributed by atoms with van der Waals surface area (Å²) in [7, 11) is 0. The van der Waals surface area contributed by atoms with E-state index in [1.807, 2.05) is 6.92 Å². The van der Waals surface area contributed by atoms with E-state index in [0.29, 0.717) is 17.7 Å². The van der Waals surface area contributed by atoms with Crippen molar-refractivity contribution in [2.75, 3.05) is 0 Å². The van der Waals surface area contributed by atoms with E-state index in [0.717, 1.165) is 0 Å². The van der Waals surface area contributed by atoms with Crippen LogP contribution in [0, 0.1) is 5.92 Å². The Balaban J connectivity index is 2.27. The molecule has 1 aromatic carbocycles. The van der Waals surface area contributed by atoms with Crippen molar-refractivity contribution in [3.8, 4) is 5.75 Å². The van der Waals surface area contributed by atoms with Crippen molar-refractivity contribution in [3.05, 3.63) is 48.0 Å². The number of nitrogens with two attached hydrogens (primary N) is 2. The fourth-order valence-corrected chi connectivity index (χ4v) is 3.63. The number of carbonyl (C=O) groups excluding carboxylic acids is 4. The number of nitrogens with zero attached hydrogens (tertiary/aromatic N) is 1. The maximum atomic E-state index is 13.2. The van der Waals surface area contributed by atoms with E-state index >= 15 is 0 Å². The number of phenolic OH excluding ortho intramolecular Hbond substituents is 1. The average molecular weight is 546 g/mol. The largest absolute Gasteiger partial charge is 0.508 e. The van der Waals surface area contributed by atoms with E-state index in [9.17, 15) is 34.2 Å². The third-order valence-electron chi connectivity index (χ3n) is 6.20. The molecule has 0 saturated heterocycles. The van der Waals surface area contributed by atoms with E-state index in [4.69, 9.17) is 11.5 Å². The maximum Gasteiger partial charge on any atom is 0.326 e. The van der Waals surface area contributed by atoms with Crippen LogP contribution in [-0.4, -0.2) is 73.9 Å². The van der Waals surface area contributed by atoms with Crippen molar-refractivity contribution in [2.45, 2.75) is 63.7 Å². The second-order valence-electron chi connectivity index (χ2n) is 9.26. The molecule has 10 N–H and O–H groups in total. The molecule has 1 aromatic heterocycles. The van der Waals surface area contributed by atoms with Gasteiger partial charge in [-0.25, -0.2) is 9.78 Å². The third kappa shape index (κ3) is 9.74. The summed E-state index contributed by atoms with van der Waals surface area (Å²) in [6.07, 6.45) is 2.62. The normalized spacial score (nSPS) is 14.7. The number of rotatable bonds is 15. The van der Waals surface area contributed by atoms with Gasteiger partial charge in [0.2, 0.25) is 23.6 Å². The number of primary amides is 1. The number of nitrogens with one attached hydrogen (secondary N) is 4. The van der Waals surface area contributed by atoms with Gasteiger partial charge in [0, 0.05) is 24.7 Å². The van der Waals surface area contributed by atoms with Crippen molar-refractivity contribution in [2.24, 2.45) is 17.4 Å². The highest BCUT2D eigenvalue weighted by Crippen LogP contribution is 2.12. The van der Waals surface area contributed by atoms with E-state index in [1.165, 1.54) is 36.8 Å². The van der Waals surface area contributed by atoms with Crippen LogP contribution in [-0.2, 0) is 36.8 Å². The SMILES string of the molecule is CCC(C)C(N)C(=O)NC(CC(N)=O)C(=O)NC(Cc1ccc(O)cc1)C(=O)NC(Cc1cnc[nH]1)C(=O)O. The summed E-state index contributed by atoms with van der Waals surface area (Å²) in [6, 6.07) is 0.763. The molecular weight excluding hydrogens is 510 g/mol. The first-order chi connectivity index (χ1) is 18.4. The Morgan fingerprint density at radius 3 is 2.08 bits per heavy atom. The van der Waals surface area contributed by atoms with E-state index < -0.39 is 60.2 Å². The van der Waals surface area contributed by atoms with Crippen molar-refractivity contribution in [1.82, 2.24) is 25.9 Å². The lowest BCUT2D eigenvalue weighted by Crippen LogP contribution is -2.58. The molecule has 0 aliphatic rings. The van der Waals surface area contributed by atoms with Crippen LogP contribution in [0.4, 0.5) is 0 Å². The van der Waals surface area contributed by atoms with Gasteiger partial charge < -0.3 is 42.6 Å². The van der Waals surface area contributed by atoms with Gasteiger partial charge in [0.05, 0.1) is 18.8 Å². The zero-order chi connectivity index (χ0) is 29.1. The Kier molecular flexibility index (Phi) is 11.4. The van der Waals surface area contributed by atoms with Crippen LogP contribution in [0.5, 0.6) is 5.75 Å². The molecule has 14 heteroatoms. The summed E-state index contributed by atoms with van der Waals surface area (Å²) < 4.78 is 0. The summed E-state index contributed by atoms with van der Waals surface area (Å²) in [6.45, 7) is 3.60. The second kappa shape index (κ2) is 14.5. The molecule has 0 radical (unpaired) electrons. The number of carbonyl (C=O) groups is 5. The molecule has 5 unspecified atom stereocenters. The molecule has 0 aliphatic carbocycles. The summed E-state index contributed by atoms with van der Waals surface area (Å²) in [5, 5.41) is 26.5. The minimum absolute atomic E-state index is 0.0174. The Hall–Kier alpha value is -4.46. The van der Waals surface area contributed by atoms with Crippen LogP contribution in [0.1, 0.15) is 37.9 Å². The van der Waals surface area contributed by atoms with Gasteiger partial charge >= 0.3 is 5.97 Å². The van der Waals surface area contributed by atoms with Gasteiger partial charge in [-0.3, -0.25) is 19.2 Å². The number of imidazole rings is 1. The number of carboxylic acids is 1. The van der Waals surface area contributed by atoms with Crippen LogP contribution in [0.25, 0.3) is 0 Å². The molecule has 212 valence electrons. The number of H-pyrrole nitrogens is 1. The van der Waals surface area contributed by atoms with Gasteiger partial charge in [-0.05, 0) is 23.6 Å². The van der Waals surface area contributed by atoms with Crippen LogP contribution >= 0.6 is 0 Å². The number of phenols is 1. The second-order valence-corrected chi connectivity index (χ2v) is 9.26. The van der Waals surface area contributed by atoms with Gasteiger partial charge in [-0.15, -0.1) is 0 Å². The predicted octanol–water partition coefficient (Wildman–Crippen LogP) is -1.31. The Morgan fingerprint density at radius 2 is 1.54 bits per heavy atom. The molecule has 0 aliphatic heterocycles. The van der Waals surface area contributed by atoms with Crippen molar-refractivity contribution < 1.29 is 34.2 Å². The molecule has 0 spiro atoms. The minimum Gasteiger partial charge on any atom is -0.508 e. The van der Waals surface area contributed by atoms with E-state index in [2.05, 4.69) is 25.9 Å². The van der Waals surface area contributed by atoms with Gasteiger partial charge in [0.25, 0.3) is 0 Å². The molecule has 5 atom stereocenters. The first-order valence-corrected chi connectivity index (χ1v) is 12.3. The Labute approximate surface area is 224 Å². The highest BCUT2D eigenvalue weighted by atomic mass is 16.4. The van der Waals surface area contributed by atoms with Gasteiger partial charge in [-0.2, -0.15) is 0 Å². The number of aliphatic carboxylic acids is 1. The molecule has 14 nitrogen and oxygen atoms in total. The van der Waals surface area contributed by atoms with Crippen molar-refractivity contribution in [3.63, 3.8) is 0 Å². The third-order valence-corrected chi connectivity index (χ3v) is 6.20.